The van der Waals surface area contributed by atoms with Gasteiger partial charge in [-0.05, 0) is 27.4 Å². The topological polar surface area (TPSA) is 39.4 Å². The molecule has 1 unspecified atom stereocenters. The largest absolute Gasteiger partial charge is 0.460 e. The Hall–Kier alpha value is -0.610. The SMILES string of the molecule is COC(C(=O)c1occc1Br)C(C)(C)C. The minimum atomic E-state index is -0.500. The lowest BCUT2D eigenvalue weighted by atomic mass is 9.86. The van der Waals surface area contributed by atoms with Gasteiger partial charge in [-0.1, -0.05) is 20.8 Å². The number of carbonyl (C=O) groups excluding carboxylic acids is 1. The molecule has 0 aliphatic rings. The second kappa shape index (κ2) is 4.49. The van der Waals surface area contributed by atoms with Gasteiger partial charge in [0, 0.05) is 7.11 Å². The third-order valence-corrected chi connectivity index (χ3v) is 2.73. The van der Waals surface area contributed by atoms with Crippen LogP contribution in [0.5, 0.6) is 0 Å². The van der Waals surface area contributed by atoms with E-state index in [2.05, 4.69) is 15.9 Å². The van der Waals surface area contributed by atoms with Crippen LogP contribution in [0.15, 0.2) is 21.2 Å². The number of ketones is 1. The number of Topliss-reactive ketones (excluding diaryl/α,β-unsaturated/α-hetero) is 1. The highest BCUT2D eigenvalue weighted by molar-refractivity contribution is 9.10. The zero-order valence-corrected chi connectivity index (χ0v) is 10.9. The standard InChI is InChI=1S/C11H15BrO3/c1-11(2,3)10(14-4)8(13)9-7(12)5-6-15-9/h5-6,10H,1-4H3. The first-order chi connectivity index (χ1) is 6.88. The number of hydrogen-bond acceptors (Lipinski definition) is 3. The van der Waals surface area contributed by atoms with Gasteiger partial charge < -0.3 is 9.15 Å². The molecule has 0 saturated carbocycles. The molecule has 0 radical (unpaired) electrons. The van der Waals surface area contributed by atoms with Gasteiger partial charge in [0.05, 0.1) is 10.7 Å². The van der Waals surface area contributed by atoms with Crippen molar-refractivity contribution in [3.8, 4) is 0 Å². The van der Waals surface area contributed by atoms with Crippen LogP contribution in [-0.2, 0) is 4.74 Å². The van der Waals surface area contributed by atoms with Crippen LogP contribution < -0.4 is 0 Å². The predicted molar refractivity (Wildman–Crippen MR) is 61.0 cm³/mol. The third kappa shape index (κ3) is 2.69. The van der Waals surface area contributed by atoms with E-state index in [0.29, 0.717) is 10.2 Å². The fourth-order valence-corrected chi connectivity index (χ4v) is 1.84. The maximum atomic E-state index is 12.1. The highest BCUT2D eigenvalue weighted by Gasteiger charge is 2.34. The maximum Gasteiger partial charge on any atom is 0.228 e. The smallest absolute Gasteiger partial charge is 0.228 e. The average Bonchev–Trinajstić information content (AvgIpc) is 2.49. The van der Waals surface area contributed by atoms with Crippen LogP contribution in [0.3, 0.4) is 0 Å². The summed E-state index contributed by atoms with van der Waals surface area (Å²) < 4.78 is 11.0. The molecular weight excluding hydrogens is 260 g/mol. The Morgan fingerprint density at radius 2 is 2.13 bits per heavy atom. The molecule has 1 atom stereocenters. The first kappa shape index (κ1) is 12.5. The van der Waals surface area contributed by atoms with Gasteiger partial charge >= 0.3 is 0 Å². The summed E-state index contributed by atoms with van der Waals surface area (Å²) >= 11 is 3.26. The van der Waals surface area contributed by atoms with Crippen molar-refractivity contribution in [1.29, 1.82) is 0 Å². The quantitative estimate of drug-likeness (QED) is 0.795. The molecule has 0 amide bonds. The number of ether oxygens (including phenoxy) is 1. The van der Waals surface area contributed by atoms with Crippen LogP contribution in [0.1, 0.15) is 31.3 Å². The first-order valence-corrected chi connectivity index (χ1v) is 5.47. The number of carbonyl (C=O) groups is 1. The van der Waals surface area contributed by atoms with Crippen molar-refractivity contribution in [3.05, 3.63) is 22.6 Å². The summed E-state index contributed by atoms with van der Waals surface area (Å²) in [6, 6.07) is 1.70. The van der Waals surface area contributed by atoms with Crippen molar-refractivity contribution >= 4 is 21.7 Å². The van der Waals surface area contributed by atoms with E-state index in [1.54, 1.807) is 6.07 Å². The van der Waals surface area contributed by atoms with Gasteiger partial charge in [0.1, 0.15) is 6.10 Å². The van der Waals surface area contributed by atoms with Crippen LogP contribution >= 0.6 is 15.9 Å². The summed E-state index contributed by atoms with van der Waals surface area (Å²) in [5.41, 5.74) is -0.252. The summed E-state index contributed by atoms with van der Waals surface area (Å²) in [6.45, 7) is 5.86. The van der Waals surface area contributed by atoms with Crippen LogP contribution in [0.4, 0.5) is 0 Å². The highest BCUT2D eigenvalue weighted by Crippen LogP contribution is 2.28. The van der Waals surface area contributed by atoms with Crippen molar-refractivity contribution < 1.29 is 13.9 Å². The molecule has 1 heterocycles. The number of methoxy groups -OCH3 is 1. The molecule has 15 heavy (non-hydrogen) atoms. The molecule has 0 N–H and O–H groups in total. The fraction of sp³-hybridized carbons (Fsp3) is 0.545. The third-order valence-electron chi connectivity index (χ3n) is 2.10. The molecular formula is C11H15BrO3. The second-order valence-electron chi connectivity index (χ2n) is 4.44. The summed E-state index contributed by atoms with van der Waals surface area (Å²) in [5.74, 6) is 0.179. The van der Waals surface area contributed by atoms with E-state index in [-0.39, 0.29) is 11.2 Å². The zero-order valence-electron chi connectivity index (χ0n) is 9.33. The van der Waals surface area contributed by atoms with Gasteiger partial charge in [-0.3, -0.25) is 4.79 Å². The van der Waals surface area contributed by atoms with E-state index in [9.17, 15) is 4.79 Å². The lowest BCUT2D eigenvalue weighted by molar-refractivity contribution is 0.0174. The van der Waals surface area contributed by atoms with E-state index in [0.717, 1.165) is 0 Å². The summed E-state index contributed by atoms with van der Waals surface area (Å²) in [7, 11) is 1.53. The van der Waals surface area contributed by atoms with Crippen molar-refractivity contribution in [2.75, 3.05) is 7.11 Å². The Balaban J connectivity index is 2.98. The summed E-state index contributed by atoms with van der Waals surface area (Å²) in [4.78, 5) is 12.1. The molecule has 1 rings (SSSR count). The van der Waals surface area contributed by atoms with E-state index >= 15 is 0 Å². The maximum absolute atomic E-state index is 12.1. The molecule has 0 fully saturated rings. The Labute approximate surface area is 97.9 Å². The molecule has 3 nitrogen and oxygen atoms in total. The van der Waals surface area contributed by atoms with Crippen molar-refractivity contribution in [2.24, 2.45) is 5.41 Å². The molecule has 84 valence electrons. The van der Waals surface area contributed by atoms with E-state index in [4.69, 9.17) is 9.15 Å². The molecule has 0 spiro atoms. The second-order valence-corrected chi connectivity index (χ2v) is 5.30. The van der Waals surface area contributed by atoms with E-state index < -0.39 is 6.10 Å². The summed E-state index contributed by atoms with van der Waals surface area (Å²) in [5, 5.41) is 0. The zero-order chi connectivity index (χ0) is 11.6. The normalized spacial score (nSPS) is 13.9. The Kier molecular flexibility index (Phi) is 3.73. The van der Waals surface area contributed by atoms with Gasteiger partial charge in [-0.25, -0.2) is 0 Å². The molecule has 1 aromatic heterocycles. The Bertz CT molecular complexity index is 349. The fourth-order valence-electron chi connectivity index (χ4n) is 1.44. The molecule has 0 bridgehead atoms. The van der Waals surface area contributed by atoms with Crippen LogP contribution in [-0.4, -0.2) is 19.0 Å². The van der Waals surface area contributed by atoms with E-state index in [1.165, 1.54) is 13.4 Å². The molecule has 0 aromatic carbocycles. The van der Waals surface area contributed by atoms with Crippen molar-refractivity contribution in [1.82, 2.24) is 0 Å². The lowest BCUT2D eigenvalue weighted by Gasteiger charge is -2.27. The number of hydrogen-bond donors (Lipinski definition) is 0. The lowest BCUT2D eigenvalue weighted by Crippen LogP contribution is -2.36. The average molecular weight is 275 g/mol. The van der Waals surface area contributed by atoms with Gasteiger partial charge in [0.25, 0.3) is 0 Å². The van der Waals surface area contributed by atoms with Gasteiger partial charge in [-0.15, -0.1) is 0 Å². The predicted octanol–water partition coefficient (Wildman–Crippen LogP) is 3.29. The minimum absolute atomic E-state index is 0.137. The number of rotatable bonds is 3. The van der Waals surface area contributed by atoms with Gasteiger partial charge in [-0.2, -0.15) is 0 Å². The van der Waals surface area contributed by atoms with Crippen LogP contribution in [0.2, 0.25) is 0 Å². The van der Waals surface area contributed by atoms with Gasteiger partial charge in [0.15, 0.2) is 5.76 Å². The Morgan fingerprint density at radius 3 is 2.47 bits per heavy atom. The van der Waals surface area contributed by atoms with Gasteiger partial charge in [0.2, 0.25) is 5.78 Å². The molecule has 0 aliphatic heterocycles. The first-order valence-electron chi connectivity index (χ1n) is 4.68. The minimum Gasteiger partial charge on any atom is -0.460 e. The van der Waals surface area contributed by atoms with Crippen molar-refractivity contribution in [2.45, 2.75) is 26.9 Å². The summed E-state index contributed by atoms with van der Waals surface area (Å²) in [6.07, 6.45) is 0.979. The molecule has 1 aromatic rings. The Morgan fingerprint density at radius 1 is 1.53 bits per heavy atom. The number of halogens is 1. The molecule has 0 saturated heterocycles. The van der Waals surface area contributed by atoms with Crippen LogP contribution in [0.25, 0.3) is 0 Å². The molecule has 0 aliphatic carbocycles. The highest BCUT2D eigenvalue weighted by atomic mass is 79.9. The van der Waals surface area contributed by atoms with E-state index in [1.807, 2.05) is 20.8 Å². The number of furan rings is 1. The molecule has 4 heteroatoms. The van der Waals surface area contributed by atoms with Crippen LogP contribution in [0, 0.1) is 5.41 Å². The monoisotopic (exact) mass is 274 g/mol. The van der Waals surface area contributed by atoms with Crippen molar-refractivity contribution in [3.63, 3.8) is 0 Å².